The predicted octanol–water partition coefficient (Wildman–Crippen LogP) is 3.79. The van der Waals surface area contributed by atoms with Crippen molar-refractivity contribution in [3.63, 3.8) is 0 Å². The fourth-order valence-corrected chi connectivity index (χ4v) is 1.84. The first kappa shape index (κ1) is 12.4. The molecule has 0 spiro atoms. The van der Waals surface area contributed by atoms with Gasteiger partial charge in [-0.15, -0.1) is 0 Å². The lowest BCUT2D eigenvalue weighted by Gasteiger charge is -2.08. The lowest BCUT2D eigenvalue weighted by atomic mass is 10.2. The number of benzene rings is 2. The van der Waals surface area contributed by atoms with Crippen molar-refractivity contribution in [2.45, 2.75) is 0 Å². The van der Waals surface area contributed by atoms with Crippen LogP contribution in [0.25, 0.3) is 10.9 Å². The van der Waals surface area contributed by atoms with Gasteiger partial charge in [0.15, 0.2) is 11.6 Å². The molecule has 1 N–H and O–H groups in total. The van der Waals surface area contributed by atoms with Gasteiger partial charge in [-0.1, -0.05) is 0 Å². The first-order valence-corrected chi connectivity index (χ1v) is 5.76. The van der Waals surface area contributed by atoms with E-state index in [0.717, 1.165) is 12.1 Å². The van der Waals surface area contributed by atoms with Crippen LogP contribution in [0.1, 0.15) is 0 Å². The number of nitrogens with zero attached hydrogens (tertiary/aromatic N) is 2. The van der Waals surface area contributed by atoms with E-state index in [2.05, 4.69) is 15.3 Å². The van der Waals surface area contributed by atoms with Crippen LogP contribution >= 0.6 is 0 Å². The van der Waals surface area contributed by atoms with E-state index in [4.69, 9.17) is 0 Å². The van der Waals surface area contributed by atoms with Crippen LogP contribution in [-0.2, 0) is 0 Å². The SMILES string of the molecule is Fc1ccc2ncnc(Nc3ccc(F)c(F)c3)c2c1. The number of aromatic nitrogens is 2. The van der Waals surface area contributed by atoms with Crippen LogP contribution in [0, 0.1) is 17.5 Å². The van der Waals surface area contributed by atoms with Crippen LogP contribution in [0.5, 0.6) is 0 Å². The van der Waals surface area contributed by atoms with Gasteiger partial charge in [-0.05, 0) is 30.3 Å². The molecule has 0 saturated heterocycles. The Bertz CT molecular complexity index is 790. The summed E-state index contributed by atoms with van der Waals surface area (Å²) in [4.78, 5) is 7.99. The van der Waals surface area contributed by atoms with Gasteiger partial charge in [0, 0.05) is 17.1 Å². The third-order valence-electron chi connectivity index (χ3n) is 2.78. The maximum Gasteiger partial charge on any atom is 0.160 e. The largest absolute Gasteiger partial charge is 0.340 e. The zero-order chi connectivity index (χ0) is 14.1. The molecule has 100 valence electrons. The highest BCUT2D eigenvalue weighted by atomic mass is 19.2. The molecule has 3 nitrogen and oxygen atoms in total. The van der Waals surface area contributed by atoms with Crippen LogP contribution in [0.4, 0.5) is 24.7 Å². The van der Waals surface area contributed by atoms with E-state index in [0.29, 0.717) is 22.4 Å². The number of halogens is 3. The van der Waals surface area contributed by atoms with Gasteiger partial charge in [-0.25, -0.2) is 23.1 Å². The number of rotatable bonds is 2. The van der Waals surface area contributed by atoms with Gasteiger partial charge in [0.05, 0.1) is 5.52 Å². The second kappa shape index (κ2) is 4.80. The third kappa shape index (κ3) is 2.27. The Labute approximate surface area is 112 Å². The molecule has 3 aromatic rings. The Balaban J connectivity index is 2.05. The Morgan fingerprint density at radius 3 is 2.50 bits per heavy atom. The molecule has 0 atom stereocenters. The van der Waals surface area contributed by atoms with Gasteiger partial charge in [0.25, 0.3) is 0 Å². The summed E-state index contributed by atoms with van der Waals surface area (Å²) >= 11 is 0. The van der Waals surface area contributed by atoms with Gasteiger partial charge in [0.2, 0.25) is 0 Å². The summed E-state index contributed by atoms with van der Waals surface area (Å²) in [5, 5.41) is 3.27. The topological polar surface area (TPSA) is 37.8 Å². The summed E-state index contributed by atoms with van der Waals surface area (Å²) in [6.07, 6.45) is 1.31. The van der Waals surface area contributed by atoms with E-state index in [1.165, 1.54) is 30.6 Å². The van der Waals surface area contributed by atoms with E-state index in [1.807, 2.05) is 0 Å². The van der Waals surface area contributed by atoms with E-state index >= 15 is 0 Å². The molecule has 0 unspecified atom stereocenters. The monoisotopic (exact) mass is 275 g/mol. The molecule has 0 aliphatic rings. The Kier molecular flexibility index (Phi) is 2.98. The minimum Gasteiger partial charge on any atom is -0.340 e. The van der Waals surface area contributed by atoms with Crippen molar-refractivity contribution in [3.8, 4) is 0 Å². The van der Waals surface area contributed by atoms with Crippen LogP contribution in [0.3, 0.4) is 0 Å². The minimum atomic E-state index is -0.973. The number of hydrogen-bond acceptors (Lipinski definition) is 3. The Morgan fingerprint density at radius 1 is 0.850 bits per heavy atom. The van der Waals surface area contributed by atoms with Crippen LogP contribution in [0.15, 0.2) is 42.7 Å². The molecule has 2 aromatic carbocycles. The van der Waals surface area contributed by atoms with E-state index in [9.17, 15) is 13.2 Å². The van der Waals surface area contributed by atoms with Crippen molar-refractivity contribution in [2.24, 2.45) is 0 Å². The first-order valence-electron chi connectivity index (χ1n) is 5.76. The molecule has 6 heteroatoms. The maximum atomic E-state index is 13.3. The lowest BCUT2D eigenvalue weighted by Crippen LogP contribution is -1.97. The fourth-order valence-electron chi connectivity index (χ4n) is 1.84. The summed E-state index contributed by atoms with van der Waals surface area (Å²) in [5.41, 5.74) is 0.861. The molecular weight excluding hydrogens is 267 g/mol. The first-order chi connectivity index (χ1) is 9.63. The standard InChI is InChI=1S/C14H8F3N3/c15-8-1-4-13-10(5-8)14(19-7-18-13)20-9-2-3-11(16)12(17)6-9/h1-7H,(H,18,19,20). The zero-order valence-corrected chi connectivity index (χ0v) is 10.1. The fraction of sp³-hybridized carbons (Fsp3) is 0. The highest BCUT2D eigenvalue weighted by Gasteiger charge is 2.07. The summed E-state index contributed by atoms with van der Waals surface area (Å²) < 4.78 is 39.3. The zero-order valence-electron chi connectivity index (χ0n) is 10.1. The van der Waals surface area contributed by atoms with Gasteiger partial charge in [-0.3, -0.25) is 0 Å². The Hall–Kier alpha value is -2.63. The van der Waals surface area contributed by atoms with E-state index in [1.54, 1.807) is 0 Å². The molecule has 0 bridgehead atoms. The summed E-state index contributed by atoms with van der Waals surface area (Å²) in [6, 6.07) is 7.45. The molecular formula is C14H8F3N3. The molecule has 0 aliphatic carbocycles. The molecule has 0 fully saturated rings. The van der Waals surface area contributed by atoms with Gasteiger partial charge in [-0.2, -0.15) is 0 Å². The van der Waals surface area contributed by atoms with Gasteiger partial charge in [0.1, 0.15) is 18.0 Å². The van der Waals surface area contributed by atoms with Crippen LogP contribution < -0.4 is 5.32 Å². The molecule has 3 rings (SSSR count). The molecule has 0 amide bonds. The molecule has 0 radical (unpaired) electrons. The third-order valence-corrected chi connectivity index (χ3v) is 2.78. The molecule has 0 saturated carbocycles. The van der Waals surface area contributed by atoms with Gasteiger partial charge >= 0.3 is 0 Å². The summed E-state index contributed by atoms with van der Waals surface area (Å²) in [5.74, 6) is -2.02. The van der Waals surface area contributed by atoms with Crippen LogP contribution in [0.2, 0.25) is 0 Å². The number of anilines is 2. The van der Waals surface area contributed by atoms with Crippen molar-refractivity contribution in [3.05, 3.63) is 60.2 Å². The minimum absolute atomic E-state index is 0.313. The average molecular weight is 275 g/mol. The molecule has 1 aromatic heterocycles. The van der Waals surface area contributed by atoms with E-state index in [-0.39, 0.29) is 0 Å². The van der Waals surface area contributed by atoms with Crippen LogP contribution in [-0.4, -0.2) is 9.97 Å². The smallest absolute Gasteiger partial charge is 0.160 e. The number of hydrogen-bond donors (Lipinski definition) is 1. The number of nitrogens with one attached hydrogen (secondary N) is 1. The quantitative estimate of drug-likeness (QED) is 0.773. The van der Waals surface area contributed by atoms with Crippen molar-refractivity contribution in [1.29, 1.82) is 0 Å². The summed E-state index contributed by atoms with van der Waals surface area (Å²) in [6.45, 7) is 0. The Morgan fingerprint density at radius 2 is 1.70 bits per heavy atom. The van der Waals surface area contributed by atoms with Crippen molar-refractivity contribution in [2.75, 3.05) is 5.32 Å². The summed E-state index contributed by atoms with van der Waals surface area (Å²) in [7, 11) is 0. The highest BCUT2D eigenvalue weighted by molar-refractivity contribution is 5.90. The van der Waals surface area contributed by atoms with Gasteiger partial charge < -0.3 is 5.32 Å². The second-order valence-corrected chi connectivity index (χ2v) is 4.14. The van der Waals surface area contributed by atoms with E-state index < -0.39 is 17.5 Å². The maximum absolute atomic E-state index is 13.3. The lowest BCUT2D eigenvalue weighted by molar-refractivity contribution is 0.509. The second-order valence-electron chi connectivity index (χ2n) is 4.14. The average Bonchev–Trinajstić information content (AvgIpc) is 2.44. The van der Waals surface area contributed by atoms with Crippen molar-refractivity contribution >= 4 is 22.4 Å². The number of fused-ring (bicyclic) bond motifs is 1. The van der Waals surface area contributed by atoms with Crippen molar-refractivity contribution in [1.82, 2.24) is 9.97 Å². The highest BCUT2D eigenvalue weighted by Crippen LogP contribution is 2.24. The van der Waals surface area contributed by atoms with Crippen molar-refractivity contribution < 1.29 is 13.2 Å². The molecule has 20 heavy (non-hydrogen) atoms. The predicted molar refractivity (Wildman–Crippen MR) is 69.1 cm³/mol. The molecule has 0 aliphatic heterocycles. The molecule has 1 heterocycles. The normalized spacial score (nSPS) is 10.8.